The fourth-order valence-corrected chi connectivity index (χ4v) is 7.90. The third kappa shape index (κ3) is 7.13. The second-order valence-corrected chi connectivity index (χ2v) is 15.5. The number of esters is 1. The van der Waals surface area contributed by atoms with Gasteiger partial charge in [0, 0.05) is 45.5 Å². The number of rotatable bonds is 12. The zero-order chi connectivity index (χ0) is 34.8. The van der Waals surface area contributed by atoms with Gasteiger partial charge >= 0.3 is 5.97 Å². The van der Waals surface area contributed by atoms with Gasteiger partial charge in [-0.2, -0.15) is 5.10 Å². The highest BCUT2D eigenvalue weighted by Crippen LogP contribution is 2.39. The molecule has 0 saturated carbocycles. The second-order valence-electron chi connectivity index (χ2n) is 11.8. The Bertz CT molecular complexity index is 2240. The lowest BCUT2D eigenvalue weighted by molar-refractivity contribution is -0.143. The highest BCUT2D eigenvalue weighted by Gasteiger charge is 2.46. The van der Waals surface area contributed by atoms with E-state index >= 15 is 4.39 Å². The van der Waals surface area contributed by atoms with E-state index in [0.29, 0.717) is 54.2 Å². The quantitative estimate of drug-likeness (QED) is 0.132. The molecule has 2 aromatic heterocycles. The van der Waals surface area contributed by atoms with Crippen LogP contribution in [0.1, 0.15) is 37.8 Å². The average Bonchev–Trinajstić information content (AvgIpc) is 3.73. The second kappa shape index (κ2) is 13.9. The molecule has 2 unspecified atom stereocenters. The predicted octanol–water partition coefficient (Wildman–Crippen LogP) is 6.69. The molecule has 13 heteroatoms. The van der Waals surface area contributed by atoms with Crippen LogP contribution in [-0.2, 0) is 43.3 Å². The molecule has 1 aliphatic rings. The van der Waals surface area contributed by atoms with Gasteiger partial charge in [-0.15, -0.1) is 0 Å². The Kier molecular flexibility index (Phi) is 9.66. The predicted molar refractivity (Wildman–Crippen MR) is 187 cm³/mol. The van der Waals surface area contributed by atoms with Crippen LogP contribution in [0.15, 0.2) is 108 Å². The molecule has 0 saturated heterocycles. The van der Waals surface area contributed by atoms with Crippen molar-refractivity contribution in [1.82, 2.24) is 18.7 Å². The SMILES string of the molecule is CCOC(=O)CCc1cccc(Cn2cnc(-c3cccc(Oc4ccc5c(ccn5S(=O)(=O)C5(C)CC=C(S(C)=O)C=C5F)c4)c3)n2)c1. The molecule has 10 nitrogen and oxygen atoms in total. The molecule has 2 heterocycles. The van der Waals surface area contributed by atoms with Crippen LogP contribution in [0.4, 0.5) is 4.39 Å². The van der Waals surface area contributed by atoms with E-state index < -0.39 is 31.4 Å². The fraction of sp³-hybridized carbons (Fsp3) is 0.250. The molecule has 0 fully saturated rings. The van der Waals surface area contributed by atoms with E-state index in [1.807, 2.05) is 42.5 Å². The van der Waals surface area contributed by atoms with E-state index in [1.54, 1.807) is 48.3 Å². The first-order valence-corrected chi connectivity index (χ1v) is 18.7. The molecule has 2 atom stereocenters. The summed E-state index contributed by atoms with van der Waals surface area (Å²) in [4.78, 5) is 16.5. The molecule has 49 heavy (non-hydrogen) atoms. The minimum Gasteiger partial charge on any atom is -0.466 e. The molecule has 0 radical (unpaired) electrons. The summed E-state index contributed by atoms with van der Waals surface area (Å²) in [6.45, 7) is 4.00. The largest absolute Gasteiger partial charge is 0.466 e. The van der Waals surface area contributed by atoms with Gasteiger partial charge in [-0.05, 0) is 80.3 Å². The molecular formula is C36H35FN4O6S2. The Morgan fingerprint density at radius 1 is 1.04 bits per heavy atom. The first-order valence-electron chi connectivity index (χ1n) is 15.7. The summed E-state index contributed by atoms with van der Waals surface area (Å²) < 4.78 is 66.7. The first kappa shape index (κ1) is 34.0. The van der Waals surface area contributed by atoms with Crippen molar-refractivity contribution in [2.24, 2.45) is 0 Å². The summed E-state index contributed by atoms with van der Waals surface area (Å²) in [5, 5.41) is 5.24. The third-order valence-corrected chi connectivity index (χ3v) is 11.7. The zero-order valence-electron chi connectivity index (χ0n) is 27.2. The van der Waals surface area contributed by atoms with Crippen molar-refractivity contribution in [1.29, 1.82) is 0 Å². The maximum absolute atomic E-state index is 15.2. The van der Waals surface area contributed by atoms with E-state index in [1.165, 1.54) is 25.5 Å². The van der Waals surface area contributed by atoms with Gasteiger partial charge < -0.3 is 9.47 Å². The Morgan fingerprint density at radius 3 is 2.59 bits per heavy atom. The van der Waals surface area contributed by atoms with Crippen molar-refractivity contribution >= 4 is 37.7 Å². The summed E-state index contributed by atoms with van der Waals surface area (Å²) in [6, 6.07) is 22.0. The van der Waals surface area contributed by atoms with Crippen molar-refractivity contribution in [3.05, 3.63) is 119 Å². The van der Waals surface area contributed by atoms with Gasteiger partial charge in [-0.3, -0.25) is 9.00 Å². The Labute approximate surface area is 286 Å². The number of fused-ring (bicyclic) bond motifs is 1. The normalized spacial score (nSPS) is 17.0. The monoisotopic (exact) mass is 702 g/mol. The minimum absolute atomic E-state index is 0.136. The standard InChI is InChI=1S/C36H35FN4O6S2/c1-4-46-34(42)14-11-25-7-5-8-26(19-25)23-40-24-38-35(39-40)28-9-6-10-29(21-28)47-30-12-13-32-27(20-30)16-18-41(32)49(44,45)36(2)17-15-31(48(3)43)22-33(36)37/h5-10,12-13,15-16,18-22,24H,4,11,14,17,23H2,1-3H3. The van der Waals surface area contributed by atoms with Crippen LogP contribution in [0.2, 0.25) is 0 Å². The van der Waals surface area contributed by atoms with Crippen LogP contribution in [-0.4, -0.2) is 54.9 Å². The lowest BCUT2D eigenvalue weighted by Crippen LogP contribution is -2.41. The number of allylic oxidation sites excluding steroid dienone is 2. The molecule has 0 N–H and O–H groups in total. The zero-order valence-corrected chi connectivity index (χ0v) is 28.8. The van der Waals surface area contributed by atoms with Crippen LogP contribution in [0.5, 0.6) is 11.5 Å². The van der Waals surface area contributed by atoms with E-state index in [9.17, 15) is 17.4 Å². The Hall–Kier alpha value is -4.88. The fourth-order valence-electron chi connectivity index (χ4n) is 5.63. The van der Waals surface area contributed by atoms with E-state index in [0.717, 1.165) is 26.7 Å². The van der Waals surface area contributed by atoms with Gasteiger partial charge in [-0.1, -0.05) is 42.5 Å². The number of aromatic nitrogens is 4. The van der Waals surface area contributed by atoms with Crippen molar-refractivity contribution in [2.75, 3.05) is 12.9 Å². The highest BCUT2D eigenvalue weighted by atomic mass is 32.2. The summed E-state index contributed by atoms with van der Waals surface area (Å²) in [5.41, 5.74) is 3.20. The first-order chi connectivity index (χ1) is 23.5. The van der Waals surface area contributed by atoms with Gasteiger partial charge in [0.15, 0.2) is 5.82 Å². The van der Waals surface area contributed by atoms with Crippen LogP contribution in [0, 0.1) is 0 Å². The van der Waals surface area contributed by atoms with Crippen LogP contribution in [0.3, 0.4) is 0 Å². The van der Waals surface area contributed by atoms with Gasteiger partial charge in [0.1, 0.15) is 28.4 Å². The number of hydrogen-bond acceptors (Lipinski definition) is 8. The summed E-state index contributed by atoms with van der Waals surface area (Å²) in [5.74, 6) is 0.474. The van der Waals surface area contributed by atoms with Gasteiger partial charge in [-0.25, -0.2) is 26.4 Å². The van der Waals surface area contributed by atoms with E-state index in [2.05, 4.69) is 10.1 Å². The van der Waals surface area contributed by atoms with Crippen molar-refractivity contribution < 1.29 is 31.3 Å². The van der Waals surface area contributed by atoms with Crippen molar-refractivity contribution in [3.8, 4) is 22.9 Å². The Morgan fingerprint density at radius 2 is 1.82 bits per heavy atom. The van der Waals surface area contributed by atoms with Crippen LogP contribution in [0.25, 0.3) is 22.3 Å². The molecule has 1 aliphatic carbocycles. The summed E-state index contributed by atoms with van der Waals surface area (Å²) in [7, 11) is -5.65. The van der Waals surface area contributed by atoms with E-state index in [4.69, 9.17) is 9.47 Å². The molecule has 0 amide bonds. The van der Waals surface area contributed by atoms with Gasteiger partial charge in [0.2, 0.25) is 0 Å². The number of benzene rings is 3. The number of hydrogen-bond donors (Lipinski definition) is 0. The minimum atomic E-state index is -4.22. The van der Waals surface area contributed by atoms with Gasteiger partial charge in [0.05, 0.1) is 18.7 Å². The maximum Gasteiger partial charge on any atom is 0.306 e. The van der Waals surface area contributed by atoms with Gasteiger partial charge in [0.25, 0.3) is 10.0 Å². The molecule has 0 spiro atoms. The molecule has 254 valence electrons. The lowest BCUT2D eigenvalue weighted by Gasteiger charge is -2.30. The third-order valence-electron chi connectivity index (χ3n) is 8.38. The summed E-state index contributed by atoms with van der Waals surface area (Å²) >= 11 is 0. The molecule has 0 bridgehead atoms. The van der Waals surface area contributed by atoms with Crippen LogP contribution >= 0.6 is 0 Å². The van der Waals surface area contributed by atoms with Crippen LogP contribution < -0.4 is 4.74 Å². The number of aryl methyl sites for hydroxylation is 1. The molecule has 5 aromatic rings. The number of halogens is 1. The Balaban J connectivity index is 1.15. The maximum atomic E-state index is 15.2. The molecular weight excluding hydrogens is 668 g/mol. The highest BCUT2D eigenvalue weighted by molar-refractivity contribution is 7.91. The summed E-state index contributed by atoms with van der Waals surface area (Å²) in [6.07, 6.45) is 7.85. The molecule has 3 aromatic carbocycles. The smallest absolute Gasteiger partial charge is 0.306 e. The molecule has 0 aliphatic heterocycles. The number of ether oxygens (including phenoxy) is 2. The number of carbonyl (C=O) groups excluding carboxylic acids is 1. The average molecular weight is 703 g/mol. The van der Waals surface area contributed by atoms with Crippen molar-refractivity contribution in [2.45, 2.75) is 44.4 Å². The number of carbonyl (C=O) groups is 1. The number of nitrogens with zero attached hydrogens (tertiary/aromatic N) is 4. The van der Waals surface area contributed by atoms with E-state index in [-0.39, 0.29) is 17.3 Å². The molecule has 6 rings (SSSR count). The van der Waals surface area contributed by atoms with Crippen molar-refractivity contribution in [3.63, 3.8) is 0 Å². The lowest BCUT2D eigenvalue weighted by atomic mass is 10.0. The topological polar surface area (TPSA) is 122 Å².